The largest absolute Gasteiger partial charge is 0.387 e. The Kier molecular flexibility index (Phi) is 4.39. The highest BCUT2D eigenvalue weighted by molar-refractivity contribution is 7.82. The van der Waals surface area contributed by atoms with Crippen molar-refractivity contribution < 1.29 is 0 Å². The number of hydrogen-bond donors (Lipinski definition) is 3. The van der Waals surface area contributed by atoms with Crippen LogP contribution in [0.1, 0.15) is 13.8 Å². The van der Waals surface area contributed by atoms with Crippen LogP contribution in [-0.4, -0.2) is 10.6 Å². The summed E-state index contributed by atoms with van der Waals surface area (Å²) >= 11 is 4.00. The van der Waals surface area contributed by atoms with E-state index in [1.54, 1.807) is 13.8 Å². The first-order valence-electron chi connectivity index (χ1n) is 2.01. The summed E-state index contributed by atoms with van der Waals surface area (Å²) in [6, 6.07) is 0. The monoisotopic (exact) mass is 154 g/mol. The summed E-state index contributed by atoms with van der Waals surface area (Å²) < 4.78 is -0.444. The third-order valence-electron chi connectivity index (χ3n) is 0.659. The summed E-state index contributed by atoms with van der Waals surface area (Å²) in [5.41, 5.74) is 5.08. The molecule has 0 aliphatic heterocycles. The molecule has 0 fully saturated rings. The minimum Gasteiger partial charge on any atom is -0.387 e. The fourth-order valence-corrected chi connectivity index (χ4v) is 0. The highest BCUT2D eigenvalue weighted by Crippen LogP contribution is 2.09. The molecule has 4 heteroatoms. The second-order valence-corrected chi connectivity index (χ2v) is 3.09. The van der Waals surface area contributed by atoms with E-state index in [1.807, 2.05) is 0 Å². The predicted octanol–water partition coefficient (Wildman–Crippen LogP) is 1.05. The maximum absolute atomic E-state index is 6.85. The molecule has 0 rings (SSSR count). The zero-order valence-electron chi connectivity index (χ0n) is 4.93. The average molecular weight is 155 g/mol. The predicted molar refractivity (Wildman–Crippen MR) is 42.2 cm³/mol. The van der Waals surface area contributed by atoms with Gasteiger partial charge in [0.15, 0.2) is 0 Å². The van der Waals surface area contributed by atoms with Gasteiger partial charge < -0.3 is 5.73 Å². The topological polar surface area (TPSA) is 49.9 Å². The van der Waals surface area contributed by atoms with E-state index in [0.29, 0.717) is 0 Å². The fourth-order valence-electron chi connectivity index (χ4n) is 0. The molecule has 0 spiro atoms. The smallest absolute Gasteiger partial charge is 0.106 e. The van der Waals surface area contributed by atoms with Crippen molar-refractivity contribution >= 4 is 30.9 Å². The molecule has 0 aromatic carbocycles. The Labute approximate surface area is 61.2 Å². The van der Waals surface area contributed by atoms with Gasteiger partial charge in [-0.05, 0) is 13.8 Å². The summed E-state index contributed by atoms with van der Waals surface area (Å²) in [7, 11) is 0. The molecule has 0 aromatic rings. The van der Waals surface area contributed by atoms with Gasteiger partial charge in [-0.1, -0.05) is 0 Å². The van der Waals surface area contributed by atoms with E-state index in [-0.39, 0.29) is 18.2 Å². The first-order valence-corrected chi connectivity index (χ1v) is 2.46. The number of hydrogen-bond acceptors (Lipinski definition) is 2. The molecule has 0 aliphatic carbocycles. The maximum Gasteiger partial charge on any atom is 0.106 e. The van der Waals surface area contributed by atoms with Gasteiger partial charge in [0.25, 0.3) is 0 Å². The Morgan fingerprint density at radius 3 is 1.75 bits per heavy atom. The third kappa shape index (κ3) is 4.27. The molecular weight excluding hydrogens is 144 g/mol. The lowest BCUT2D eigenvalue weighted by Gasteiger charge is -2.13. The van der Waals surface area contributed by atoms with E-state index in [2.05, 4.69) is 12.6 Å². The molecule has 8 heavy (non-hydrogen) atoms. The van der Waals surface area contributed by atoms with Crippen LogP contribution in [0.3, 0.4) is 0 Å². The highest BCUT2D eigenvalue weighted by Gasteiger charge is 2.13. The van der Waals surface area contributed by atoms with Gasteiger partial charge in [-0.15, -0.1) is 12.4 Å². The molecule has 0 saturated carbocycles. The number of thiol groups is 1. The quantitative estimate of drug-likeness (QED) is 0.295. The molecule has 3 N–H and O–H groups in total. The van der Waals surface area contributed by atoms with Crippen molar-refractivity contribution in [3.63, 3.8) is 0 Å². The molecule has 0 amide bonds. The van der Waals surface area contributed by atoms with Gasteiger partial charge in [-0.3, -0.25) is 5.41 Å². The first-order chi connectivity index (χ1) is 2.94. The average Bonchev–Trinajstić information content (AvgIpc) is 1.31. The van der Waals surface area contributed by atoms with E-state index < -0.39 is 4.75 Å². The van der Waals surface area contributed by atoms with Crippen LogP contribution in [-0.2, 0) is 0 Å². The lowest BCUT2D eigenvalue weighted by molar-refractivity contribution is 0.936. The van der Waals surface area contributed by atoms with Crippen molar-refractivity contribution in [2.24, 2.45) is 5.73 Å². The number of halogens is 1. The van der Waals surface area contributed by atoms with Crippen LogP contribution in [0.4, 0.5) is 0 Å². The minimum atomic E-state index is -0.444. The van der Waals surface area contributed by atoms with Crippen molar-refractivity contribution in [2.45, 2.75) is 18.6 Å². The van der Waals surface area contributed by atoms with Crippen molar-refractivity contribution in [1.29, 1.82) is 5.41 Å². The standard InChI is InChI=1S/C4H10N2S.ClH/c1-4(2,7)3(5)6;/h7H,1-2H3,(H3,5,6);1H. The summed E-state index contributed by atoms with van der Waals surface area (Å²) in [5.74, 6) is 0.107. The number of amidine groups is 1. The molecule has 2 nitrogen and oxygen atoms in total. The van der Waals surface area contributed by atoms with Crippen LogP contribution >= 0.6 is 25.0 Å². The molecule has 0 aromatic heterocycles. The molecule has 0 radical (unpaired) electrons. The van der Waals surface area contributed by atoms with E-state index in [9.17, 15) is 0 Å². The van der Waals surface area contributed by atoms with Crippen molar-refractivity contribution in [3.05, 3.63) is 0 Å². The molecule has 0 unspecified atom stereocenters. The zero-order valence-corrected chi connectivity index (χ0v) is 6.64. The molecule has 0 heterocycles. The summed E-state index contributed by atoms with van der Waals surface area (Å²) in [5, 5.41) is 6.85. The summed E-state index contributed by atoms with van der Waals surface area (Å²) in [6.45, 7) is 3.55. The normalized spacial score (nSPS) is 9.88. The summed E-state index contributed by atoms with van der Waals surface area (Å²) in [4.78, 5) is 0. The van der Waals surface area contributed by atoms with Gasteiger partial charge >= 0.3 is 0 Å². The zero-order chi connectivity index (χ0) is 6.08. The van der Waals surface area contributed by atoms with Gasteiger partial charge in [-0.25, -0.2) is 0 Å². The maximum atomic E-state index is 6.85. The fraction of sp³-hybridized carbons (Fsp3) is 0.750. The molecule has 0 saturated heterocycles. The van der Waals surface area contributed by atoms with Gasteiger partial charge in [-0.2, -0.15) is 12.6 Å². The lowest BCUT2D eigenvalue weighted by atomic mass is 10.2. The van der Waals surface area contributed by atoms with E-state index in [4.69, 9.17) is 11.1 Å². The van der Waals surface area contributed by atoms with Crippen LogP contribution in [0, 0.1) is 5.41 Å². The molecule has 0 bridgehead atoms. The SMILES string of the molecule is CC(C)(S)C(=N)N.Cl. The van der Waals surface area contributed by atoms with Crippen LogP contribution in [0.25, 0.3) is 0 Å². The van der Waals surface area contributed by atoms with Crippen LogP contribution in [0.15, 0.2) is 0 Å². The molecule has 50 valence electrons. The summed E-state index contributed by atoms with van der Waals surface area (Å²) in [6.07, 6.45) is 0. The second kappa shape index (κ2) is 3.20. The molecule has 0 aliphatic rings. The first kappa shape index (κ1) is 11.0. The van der Waals surface area contributed by atoms with E-state index in [1.165, 1.54) is 0 Å². The molecular formula is C4H11ClN2S. The molecule has 0 atom stereocenters. The van der Waals surface area contributed by atoms with Crippen molar-refractivity contribution in [1.82, 2.24) is 0 Å². The van der Waals surface area contributed by atoms with Gasteiger partial charge in [0, 0.05) is 0 Å². The Balaban J connectivity index is 0. The highest BCUT2D eigenvalue weighted by atomic mass is 35.5. The number of rotatable bonds is 1. The van der Waals surface area contributed by atoms with Crippen molar-refractivity contribution in [2.75, 3.05) is 0 Å². The van der Waals surface area contributed by atoms with Gasteiger partial charge in [0.05, 0.1) is 4.75 Å². The second-order valence-electron chi connectivity index (χ2n) is 1.97. The third-order valence-corrected chi connectivity index (χ3v) is 0.900. The lowest BCUT2D eigenvalue weighted by Crippen LogP contribution is -2.31. The van der Waals surface area contributed by atoms with E-state index >= 15 is 0 Å². The van der Waals surface area contributed by atoms with Crippen LogP contribution in [0.5, 0.6) is 0 Å². The Morgan fingerprint density at radius 1 is 1.62 bits per heavy atom. The Hall–Kier alpha value is 0.110. The number of nitrogens with two attached hydrogens (primary N) is 1. The van der Waals surface area contributed by atoms with E-state index in [0.717, 1.165) is 0 Å². The van der Waals surface area contributed by atoms with Crippen LogP contribution < -0.4 is 5.73 Å². The Morgan fingerprint density at radius 2 is 1.75 bits per heavy atom. The van der Waals surface area contributed by atoms with Gasteiger partial charge in [0.2, 0.25) is 0 Å². The Bertz CT molecular complexity index is 86.5. The van der Waals surface area contributed by atoms with Gasteiger partial charge in [0.1, 0.15) is 5.84 Å². The van der Waals surface area contributed by atoms with Crippen LogP contribution in [0.2, 0.25) is 0 Å². The van der Waals surface area contributed by atoms with Crippen molar-refractivity contribution in [3.8, 4) is 0 Å². The minimum absolute atomic E-state index is 0. The number of nitrogens with one attached hydrogen (secondary N) is 1.